The van der Waals surface area contributed by atoms with Crippen molar-refractivity contribution < 1.29 is 19.8 Å². The van der Waals surface area contributed by atoms with Crippen LogP contribution in [0.1, 0.15) is 44.9 Å². The Hall–Kier alpha value is -1.89. The Morgan fingerprint density at radius 3 is 2.86 bits per heavy atom. The molecular weight excluding hydrogens is 286 g/mol. The van der Waals surface area contributed by atoms with Gasteiger partial charge in [0.2, 0.25) is 5.91 Å². The van der Waals surface area contributed by atoms with Gasteiger partial charge < -0.3 is 14.8 Å². The lowest BCUT2D eigenvalue weighted by Crippen LogP contribution is -2.46. The molecule has 0 bridgehead atoms. The molecule has 1 aliphatic heterocycles. The van der Waals surface area contributed by atoms with Crippen LogP contribution in [0.15, 0.2) is 12.5 Å². The monoisotopic (exact) mass is 309 g/mol. The summed E-state index contributed by atoms with van der Waals surface area (Å²) >= 11 is 0. The van der Waals surface area contributed by atoms with Gasteiger partial charge in [0, 0.05) is 19.3 Å². The first-order valence-corrected chi connectivity index (χ1v) is 7.64. The van der Waals surface area contributed by atoms with Crippen molar-refractivity contribution in [2.45, 2.75) is 45.8 Å². The molecule has 0 radical (unpaired) electrons. The third-order valence-corrected chi connectivity index (χ3v) is 4.01. The number of imidazole rings is 1. The Morgan fingerprint density at radius 2 is 2.23 bits per heavy atom. The van der Waals surface area contributed by atoms with Crippen LogP contribution in [0.2, 0.25) is 0 Å². The van der Waals surface area contributed by atoms with E-state index in [0.29, 0.717) is 24.5 Å². The van der Waals surface area contributed by atoms with E-state index in [0.717, 1.165) is 17.9 Å². The number of amides is 2. The number of carbonyl (C=O) groups is 2. The first-order valence-electron chi connectivity index (χ1n) is 7.64. The Morgan fingerprint density at radius 1 is 1.50 bits per heavy atom. The van der Waals surface area contributed by atoms with Crippen LogP contribution in [-0.2, 0) is 11.3 Å². The maximum atomic E-state index is 12.2. The highest BCUT2D eigenvalue weighted by Gasteiger charge is 2.38. The topological polar surface area (TPSA) is 95.7 Å². The molecule has 2 heterocycles. The summed E-state index contributed by atoms with van der Waals surface area (Å²) in [5.41, 5.74) is 0.425. The van der Waals surface area contributed by atoms with Crippen molar-refractivity contribution in [3.05, 3.63) is 18.2 Å². The van der Waals surface area contributed by atoms with E-state index >= 15 is 0 Å². The van der Waals surface area contributed by atoms with Gasteiger partial charge in [-0.1, -0.05) is 13.8 Å². The number of piperidine rings is 1. The summed E-state index contributed by atoms with van der Waals surface area (Å²) in [5.74, 6) is -0.707. The molecule has 1 fully saturated rings. The molecule has 0 aromatic carbocycles. The molecule has 22 heavy (non-hydrogen) atoms. The first-order chi connectivity index (χ1) is 10.4. The molecular formula is C15H23N3O4. The highest BCUT2D eigenvalue weighted by atomic mass is 16.4. The van der Waals surface area contributed by atoms with E-state index in [-0.39, 0.29) is 6.54 Å². The summed E-state index contributed by atoms with van der Waals surface area (Å²) in [5, 5.41) is 19.4. The number of aryl methyl sites for hydroxylation is 1. The molecule has 1 aromatic rings. The lowest BCUT2D eigenvalue weighted by Gasteiger charge is -2.30. The van der Waals surface area contributed by atoms with Crippen LogP contribution in [0.25, 0.3) is 0 Å². The lowest BCUT2D eigenvalue weighted by atomic mass is 9.90. The summed E-state index contributed by atoms with van der Waals surface area (Å²) in [7, 11) is 0. The fraction of sp³-hybridized carbons (Fsp3) is 0.667. The zero-order valence-electron chi connectivity index (χ0n) is 13.0. The van der Waals surface area contributed by atoms with Crippen molar-refractivity contribution in [2.75, 3.05) is 6.54 Å². The van der Waals surface area contributed by atoms with Gasteiger partial charge in [-0.3, -0.25) is 4.79 Å². The standard InChI is InChI=1S/C15H23N3O4/c1-10(2)5-7-17-8-12(16-9-17)13(19)11-4-3-6-18(14(11)20)15(21)22/h8-11,13,19H,3-7H2,1-2H3,(H,21,22). The zero-order chi connectivity index (χ0) is 16.3. The van der Waals surface area contributed by atoms with Crippen LogP contribution in [0, 0.1) is 11.8 Å². The molecule has 2 unspecified atom stereocenters. The van der Waals surface area contributed by atoms with Crippen LogP contribution in [0.3, 0.4) is 0 Å². The van der Waals surface area contributed by atoms with Crippen molar-refractivity contribution >= 4 is 12.0 Å². The molecule has 1 aromatic heterocycles. The van der Waals surface area contributed by atoms with E-state index < -0.39 is 24.0 Å². The Bertz CT molecular complexity index is 541. The maximum absolute atomic E-state index is 12.2. The van der Waals surface area contributed by atoms with Gasteiger partial charge in [0.05, 0.1) is 17.9 Å². The summed E-state index contributed by atoms with van der Waals surface area (Å²) in [6.07, 6.45) is 3.10. The van der Waals surface area contributed by atoms with Gasteiger partial charge in [0.25, 0.3) is 0 Å². The smallest absolute Gasteiger partial charge is 0.414 e. The Labute approximate surface area is 129 Å². The van der Waals surface area contributed by atoms with Gasteiger partial charge in [0.1, 0.15) is 6.10 Å². The number of aliphatic hydroxyl groups excluding tert-OH is 1. The number of likely N-dealkylation sites (tertiary alicyclic amines) is 1. The lowest BCUT2D eigenvalue weighted by molar-refractivity contribution is -0.140. The highest BCUT2D eigenvalue weighted by molar-refractivity contribution is 5.93. The number of carbonyl (C=O) groups excluding carboxylic acids is 1. The second-order valence-corrected chi connectivity index (χ2v) is 6.18. The number of hydrogen-bond acceptors (Lipinski definition) is 4. The molecule has 2 N–H and O–H groups in total. The molecule has 1 aliphatic rings. The Kier molecular flexibility index (Phi) is 5.18. The van der Waals surface area contributed by atoms with Crippen LogP contribution in [0.4, 0.5) is 4.79 Å². The average Bonchev–Trinajstić information content (AvgIpc) is 2.93. The number of rotatable bonds is 5. The molecule has 0 spiro atoms. The molecule has 122 valence electrons. The van der Waals surface area contributed by atoms with E-state index in [1.54, 1.807) is 12.5 Å². The summed E-state index contributed by atoms with van der Waals surface area (Å²) in [6.45, 7) is 5.26. The van der Waals surface area contributed by atoms with E-state index in [9.17, 15) is 14.7 Å². The largest absolute Gasteiger partial charge is 0.465 e. The van der Waals surface area contributed by atoms with Gasteiger partial charge in [-0.05, 0) is 25.2 Å². The number of hydrogen-bond donors (Lipinski definition) is 2. The summed E-state index contributed by atoms with van der Waals surface area (Å²) in [6, 6.07) is 0. The second kappa shape index (κ2) is 6.91. The van der Waals surface area contributed by atoms with E-state index in [1.807, 2.05) is 4.57 Å². The number of nitrogens with zero attached hydrogens (tertiary/aromatic N) is 3. The predicted molar refractivity (Wildman–Crippen MR) is 79.1 cm³/mol. The third-order valence-electron chi connectivity index (χ3n) is 4.01. The number of carboxylic acid groups (broad SMARTS) is 1. The van der Waals surface area contributed by atoms with Gasteiger partial charge >= 0.3 is 6.09 Å². The van der Waals surface area contributed by atoms with Gasteiger partial charge in [0.15, 0.2) is 0 Å². The number of aromatic nitrogens is 2. The molecule has 7 nitrogen and oxygen atoms in total. The second-order valence-electron chi connectivity index (χ2n) is 6.18. The van der Waals surface area contributed by atoms with E-state index in [2.05, 4.69) is 18.8 Å². The van der Waals surface area contributed by atoms with Crippen molar-refractivity contribution in [3.8, 4) is 0 Å². The summed E-state index contributed by atoms with van der Waals surface area (Å²) in [4.78, 5) is 28.1. The molecule has 1 saturated heterocycles. The fourth-order valence-electron chi connectivity index (χ4n) is 2.65. The number of aliphatic hydroxyl groups is 1. The van der Waals surface area contributed by atoms with Crippen LogP contribution >= 0.6 is 0 Å². The third kappa shape index (κ3) is 3.65. The molecule has 2 amide bonds. The number of imide groups is 1. The quantitative estimate of drug-likeness (QED) is 0.865. The highest BCUT2D eigenvalue weighted by Crippen LogP contribution is 2.30. The zero-order valence-corrected chi connectivity index (χ0v) is 13.0. The van der Waals surface area contributed by atoms with E-state index in [1.165, 1.54) is 0 Å². The minimum Gasteiger partial charge on any atom is -0.465 e. The van der Waals surface area contributed by atoms with Crippen LogP contribution in [0.5, 0.6) is 0 Å². The van der Waals surface area contributed by atoms with Crippen molar-refractivity contribution in [1.82, 2.24) is 14.5 Å². The molecule has 2 rings (SSSR count). The van der Waals surface area contributed by atoms with Gasteiger partial charge in [-0.15, -0.1) is 0 Å². The molecule has 0 saturated carbocycles. The van der Waals surface area contributed by atoms with E-state index in [4.69, 9.17) is 5.11 Å². The van der Waals surface area contributed by atoms with Crippen molar-refractivity contribution in [1.29, 1.82) is 0 Å². The van der Waals surface area contributed by atoms with Crippen LogP contribution in [-0.4, -0.2) is 43.2 Å². The minimum absolute atomic E-state index is 0.195. The molecule has 0 aliphatic carbocycles. The average molecular weight is 309 g/mol. The van der Waals surface area contributed by atoms with Crippen molar-refractivity contribution in [3.63, 3.8) is 0 Å². The summed E-state index contributed by atoms with van der Waals surface area (Å²) < 4.78 is 1.89. The molecule has 7 heteroatoms. The normalized spacial score (nSPS) is 20.5. The minimum atomic E-state index is -1.26. The van der Waals surface area contributed by atoms with Crippen molar-refractivity contribution in [2.24, 2.45) is 11.8 Å². The predicted octanol–water partition coefficient (Wildman–Crippen LogP) is 1.88. The first kappa shape index (κ1) is 16.5. The fourth-order valence-corrected chi connectivity index (χ4v) is 2.65. The molecule has 2 atom stereocenters. The van der Waals surface area contributed by atoms with Gasteiger partial charge in [-0.25, -0.2) is 14.7 Å². The SMILES string of the molecule is CC(C)CCn1cnc(C(O)C2CCCN(C(=O)O)C2=O)c1. The maximum Gasteiger partial charge on any atom is 0.414 e. The Balaban J connectivity index is 2.05. The van der Waals surface area contributed by atoms with Crippen LogP contribution < -0.4 is 0 Å². The van der Waals surface area contributed by atoms with Gasteiger partial charge in [-0.2, -0.15) is 0 Å².